The first-order chi connectivity index (χ1) is 6.84. The quantitative estimate of drug-likeness (QED) is 0.565. The molecule has 2 heterocycles. The van der Waals surface area contributed by atoms with Crippen LogP contribution in [0.2, 0.25) is 5.02 Å². The predicted octanol–water partition coefficient (Wildman–Crippen LogP) is 3.03. The Labute approximate surface area is 84.3 Å². The first-order valence-corrected chi connectivity index (χ1v) is 4.51. The van der Waals surface area contributed by atoms with Gasteiger partial charge in [-0.25, -0.2) is 0 Å². The van der Waals surface area contributed by atoms with Crippen molar-refractivity contribution < 1.29 is 4.52 Å². The summed E-state index contributed by atoms with van der Waals surface area (Å²) < 4.78 is 4.88. The molecule has 0 saturated carbocycles. The molecule has 0 radical (unpaired) electrons. The van der Waals surface area contributed by atoms with E-state index < -0.39 is 0 Å². The molecule has 0 aliphatic heterocycles. The third-order valence-electron chi connectivity index (χ3n) is 2.17. The van der Waals surface area contributed by atoms with E-state index in [0.29, 0.717) is 5.02 Å². The van der Waals surface area contributed by atoms with Crippen LogP contribution in [0, 0.1) is 0 Å². The molecule has 0 aliphatic rings. The van der Waals surface area contributed by atoms with Crippen molar-refractivity contribution in [3.8, 4) is 0 Å². The number of rotatable bonds is 0. The van der Waals surface area contributed by atoms with Crippen LogP contribution >= 0.6 is 11.6 Å². The molecule has 68 valence electrons. The first-order valence-electron chi connectivity index (χ1n) is 4.13. The second-order valence-electron chi connectivity index (χ2n) is 3.03. The van der Waals surface area contributed by atoms with Crippen molar-refractivity contribution in [2.75, 3.05) is 0 Å². The first kappa shape index (κ1) is 7.76. The number of aromatic nitrogens is 2. The molecule has 0 spiro atoms. The van der Waals surface area contributed by atoms with Gasteiger partial charge < -0.3 is 4.52 Å². The van der Waals surface area contributed by atoms with Gasteiger partial charge in [-0.15, -0.1) is 0 Å². The Hall–Kier alpha value is -1.61. The average Bonchev–Trinajstić information content (AvgIpc) is 2.65. The highest BCUT2D eigenvalue weighted by atomic mass is 35.5. The maximum absolute atomic E-state index is 5.91. The van der Waals surface area contributed by atoms with Crippen molar-refractivity contribution in [1.29, 1.82) is 0 Å². The number of hydrogen-bond donors (Lipinski definition) is 0. The molecule has 0 amide bonds. The van der Waals surface area contributed by atoms with Crippen LogP contribution in [0.1, 0.15) is 0 Å². The van der Waals surface area contributed by atoms with Crippen LogP contribution in [-0.4, -0.2) is 10.1 Å². The van der Waals surface area contributed by atoms with E-state index in [9.17, 15) is 0 Å². The smallest absolute Gasteiger partial charge is 0.132 e. The normalized spacial score (nSPS) is 11.2. The van der Waals surface area contributed by atoms with Gasteiger partial charge in [0.05, 0.1) is 17.1 Å². The lowest BCUT2D eigenvalue weighted by atomic mass is 10.1. The summed E-state index contributed by atoms with van der Waals surface area (Å²) in [6.45, 7) is 0. The van der Waals surface area contributed by atoms with Crippen LogP contribution in [-0.2, 0) is 0 Å². The van der Waals surface area contributed by atoms with Crippen molar-refractivity contribution in [2.45, 2.75) is 0 Å². The average molecular weight is 205 g/mol. The lowest BCUT2D eigenvalue weighted by molar-refractivity contribution is 0.428. The fourth-order valence-corrected chi connectivity index (χ4v) is 1.68. The molecule has 0 N–H and O–H groups in total. The van der Waals surface area contributed by atoms with Crippen molar-refractivity contribution in [2.24, 2.45) is 0 Å². The van der Waals surface area contributed by atoms with Crippen LogP contribution < -0.4 is 0 Å². The third-order valence-corrected chi connectivity index (χ3v) is 2.41. The Morgan fingerprint density at radius 1 is 1.14 bits per heavy atom. The van der Waals surface area contributed by atoms with E-state index in [1.54, 1.807) is 12.5 Å². The van der Waals surface area contributed by atoms with E-state index in [4.69, 9.17) is 16.1 Å². The SMILES string of the molecule is Clc1ccc2ncc3nocc3c2c1. The summed E-state index contributed by atoms with van der Waals surface area (Å²) in [4.78, 5) is 4.24. The number of hydrogen-bond acceptors (Lipinski definition) is 3. The summed E-state index contributed by atoms with van der Waals surface area (Å²) in [5, 5.41) is 6.42. The topological polar surface area (TPSA) is 38.9 Å². The van der Waals surface area contributed by atoms with Crippen LogP contribution in [0.4, 0.5) is 0 Å². The second kappa shape index (κ2) is 2.69. The number of pyridine rings is 1. The maximum Gasteiger partial charge on any atom is 0.132 e. The summed E-state index contributed by atoms with van der Waals surface area (Å²) in [6, 6.07) is 5.56. The van der Waals surface area contributed by atoms with Gasteiger partial charge in [-0.3, -0.25) is 4.98 Å². The molecule has 0 aliphatic carbocycles. The molecule has 0 unspecified atom stereocenters. The molecule has 3 nitrogen and oxygen atoms in total. The van der Waals surface area contributed by atoms with Crippen LogP contribution in [0.5, 0.6) is 0 Å². The Bertz CT molecular complexity index is 618. The van der Waals surface area contributed by atoms with Crippen LogP contribution in [0.15, 0.2) is 35.2 Å². The van der Waals surface area contributed by atoms with Crippen LogP contribution in [0.25, 0.3) is 21.8 Å². The summed E-state index contributed by atoms with van der Waals surface area (Å²) in [5.74, 6) is 0. The monoisotopic (exact) mass is 204 g/mol. The van der Waals surface area contributed by atoms with Gasteiger partial charge in [0.1, 0.15) is 11.8 Å². The molecule has 0 fully saturated rings. The summed E-state index contributed by atoms with van der Waals surface area (Å²) >= 11 is 5.91. The Kier molecular flexibility index (Phi) is 1.49. The fourth-order valence-electron chi connectivity index (χ4n) is 1.51. The molecule has 4 heteroatoms. The zero-order valence-electron chi connectivity index (χ0n) is 7.07. The Morgan fingerprint density at radius 2 is 2.07 bits per heavy atom. The fraction of sp³-hybridized carbons (Fsp3) is 0. The van der Waals surface area contributed by atoms with Crippen molar-refractivity contribution in [1.82, 2.24) is 10.1 Å². The molecule has 3 rings (SSSR count). The van der Waals surface area contributed by atoms with Gasteiger partial charge in [0.25, 0.3) is 0 Å². The summed E-state index contributed by atoms with van der Waals surface area (Å²) in [6.07, 6.45) is 3.30. The van der Waals surface area contributed by atoms with E-state index in [2.05, 4.69) is 10.1 Å². The molecular formula is C10H5ClN2O. The highest BCUT2D eigenvalue weighted by molar-refractivity contribution is 6.31. The highest BCUT2D eigenvalue weighted by Crippen LogP contribution is 2.25. The highest BCUT2D eigenvalue weighted by Gasteiger charge is 2.04. The van der Waals surface area contributed by atoms with E-state index in [0.717, 1.165) is 21.8 Å². The number of halogens is 1. The number of fused-ring (bicyclic) bond motifs is 3. The van der Waals surface area contributed by atoms with Gasteiger partial charge in [0.15, 0.2) is 0 Å². The van der Waals surface area contributed by atoms with E-state index in [1.165, 1.54) is 0 Å². The third kappa shape index (κ3) is 0.992. The minimum Gasteiger partial charge on any atom is -0.363 e. The molecule has 2 aromatic heterocycles. The van der Waals surface area contributed by atoms with Crippen molar-refractivity contribution in [3.63, 3.8) is 0 Å². The molecule has 0 atom stereocenters. The van der Waals surface area contributed by atoms with Crippen LogP contribution in [0.3, 0.4) is 0 Å². The van der Waals surface area contributed by atoms with E-state index in [1.807, 2.05) is 18.2 Å². The zero-order valence-corrected chi connectivity index (χ0v) is 7.82. The van der Waals surface area contributed by atoms with Gasteiger partial charge in [0.2, 0.25) is 0 Å². The minimum atomic E-state index is 0.688. The molecule has 0 bridgehead atoms. The lowest BCUT2D eigenvalue weighted by Gasteiger charge is -1.97. The van der Waals surface area contributed by atoms with Crippen molar-refractivity contribution >= 4 is 33.4 Å². The number of nitrogens with zero attached hydrogens (tertiary/aromatic N) is 2. The largest absolute Gasteiger partial charge is 0.363 e. The maximum atomic E-state index is 5.91. The Morgan fingerprint density at radius 3 is 3.00 bits per heavy atom. The molecular weight excluding hydrogens is 200 g/mol. The molecule has 14 heavy (non-hydrogen) atoms. The van der Waals surface area contributed by atoms with Gasteiger partial charge in [-0.2, -0.15) is 0 Å². The predicted molar refractivity (Wildman–Crippen MR) is 54.3 cm³/mol. The summed E-state index contributed by atoms with van der Waals surface area (Å²) in [5.41, 5.74) is 1.64. The molecule has 0 saturated heterocycles. The minimum absolute atomic E-state index is 0.688. The zero-order chi connectivity index (χ0) is 9.54. The second-order valence-corrected chi connectivity index (χ2v) is 3.47. The molecule has 3 aromatic rings. The molecule has 1 aromatic carbocycles. The van der Waals surface area contributed by atoms with E-state index in [-0.39, 0.29) is 0 Å². The lowest BCUT2D eigenvalue weighted by Crippen LogP contribution is -1.79. The Balaban J connectivity index is 2.60. The van der Waals surface area contributed by atoms with E-state index >= 15 is 0 Å². The van der Waals surface area contributed by atoms with Gasteiger partial charge in [0, 0.05) is 10.4 Å². The van der Waals surface area contributed by atoms with Gasteiger partial charge >= 0.3 is 0 Å². The number of benzene rings is 1. The van der Waals surface area contributed by atoms with Crippen molar-refractivity contribution in [3.05, 3.63) is 35.7 Å². The van der Waals surface area contributed by atoms with Gasteiger partial charge in [-0.1, -0.05) is 16.8 Å². The van der Waals surface area contributed by atoms with Gasteiger partial charge in [-0.05, 0) is 18.2 Å². The standard InChI is InChI=1S/C10H5ClN2O/c11-6-1-2-9-7(3-6)8-5-14-13-10(8)4-12-9/h1-5H. The summed E-state index contributed by atoms with van der Waals surface area (Å²) in [7, 11) is 0.